The molecule has 1 rings (SSSR count). The number of anilines is 1. The number of aryl methyl sites for hydroxylation is 1. The van der Waals surface area contributed by atoms with Crippen molar-refractivity contribution in [2.75, 3.05) is 12.4 Å². The van der Waals surface area contributed by atoms with Gasteiger partial charge in [0.2, 0.25) is 0 Å². The first kappa shape index (κ1) is 23.7. The van der Waals surface area contributed by atoms with Gasteiger partial charge in [0.1, 0.15) is 11.6 Å². The molecule has 0 amide bonds. The highest BCUT2D eigenvalue weighted by Crippen LogP contribution is 2.25. The minimum absolute atomic E-state index is 0.539. The van der Waals surface area contributed by atoms with Crippen molar-refractivity contribution in [3.05, 3.63) is 70.9 Å². The van der Waals surface area contributed by atoms with Crippen molar-refractivity contribution in [3.63, 3.8) is 0 Å². The van der Waals surface area contributed by atoms with Gasteiger partial charge in [0.25, 0.3) is 0 Å². The van der Waals surface area contributed by atoms with Crippen LogP contribution in [-0.2, 0) is 0 Å². The molecule has 0 saturated carbocycles. The van der Waals surface area contributed by atoms with Crippen LogP contribution >= 0.6 is 11.6 Å². The van der Waals surface area contributed by atoms with Gasteiger partial charge in [-0.25, -0.2) is 4.99 Å². The van der Waals surface area contributed by atoms with Gasteiger partial charge in [-0.05, 0) is 64.8 Å². The number of aliphatic imine (C=N–C) groups is 1. The topological polar surface area (TPSA) is 33.6 Å². The van der Waals surface area contributed by atoms with Gasteiger partial charge in [-0.3, -0.25) is 0 Å². The summed E-state index contributed by atoms with van der Waals surface area (Å²) in [5.41, 5.74) is 4.15. The molecule has 1 N–H and O–H groups in total. The molecule has 0 bridgehead atoms. The zero-order chi connectivity index (χ0) is 20.1. The van der Waals surface area contributed by atoms with Gasteiger partial charge in [-0.15, -0.1) is 0 Å². The van der Waals surface area contributed by atoms with Gasteiger partial charge in [0.15, 0.2) is 0 Å². The average Bonchev–Trinajstić information content (AvgIpc) is 2.58. The fourth-order valence-corrected chi connectivity index (χ4v) is 1.75. The third-order valence-corrected chi connectivity index (χ3v) is 3.49. The quantitative estimate of drug-likeness (QED) is 0.341. The molecule has 142 valence electrons. The zero-order valence-electron chi connectivity index (χ0n) is 17.0. The Morgan fingerprint density at radius 2 is 1.88 bits per heavy atom. The van der Waals surface area contributed by atoms with E-state index in [1.807, 2.05) is 58.0 Å². The number of halogens is 1. The second-order valence-corrected chi connectivity index (χ2v) is 6.48. The van der Waals surface area contributed by atoms with Gasteiger partial charge in [0, 0.05) is 6.20 Å². The Balaban J connectivity index is 0.000000758. The third kappa shape index (κ3) is 10.6. The number of benzene rings is 1. The summed E-state index contributed by atoms with van der Waals surface area (Å²) < 4.78 is 5.29. The van der Waals surface area contributed by atoms with E-state index in [1.54, 1.807) is 13.3 Å². The number of hydrogen-bond acceptors (Lipinski definition) is 2. The van der Waals surface area contributed by atoms with Crippen LogP contribution < -0.4 is 10.1 Å². The van der Waals surface area contributed by atoms with E-state index in [2.05, 4.69) is 36.8 Å². The molecule has 1 aromatic rings. The van der Waals surface area contributed by atoms with Crippen LogP contribution in [0.4, 0.5) is 5.69 Å². The second-order valence-electron chi connectivity index (χ2n) is 6.07. The molecule has 26 heavy (non-hydrogen) atoms. The number of nitrogens with one attached hydrogen (secondary N) is 1. The number of ether oxygens (including phenoxy) is 1. The first-order valence-corrected chi connectivity index (χ1v) is 8.82. The van der Waals surface area contributed by atoms with Crippen LogP contribution in [0.2, 0.25) is 0 Å². The fraction of sp³-hybridized carbons (Fsp3) is 0.318. The van der Waals surface area contributed by atoms with Crippen molar-refractivity contribution >= 4 is 23.1 Å². The predicted molar refractivity (Wildman–Crippen MR) is 117 cm³/mol. The smallest absolute Gasteiger partial charge is 0.142 e. The molecule has 0 aliphatic carbocycles. The van der Waals surface area contributed by atoms with E-state index in [1.165, 1.54) is 5.57 Å². The van der Waals surface area contributed by atoms with Crippen molar-refractivity contribution in [3.8, 4) is 5.75 Å². The van der Waals surface area contributed by atoms with Crippen molar-refractivity contribution in [1.29, 1.82) is 0 Å². The Morgan fingerprint density at radius 1 is 1.23 bits per heavy atom. The molecule has 0 heterocycles. The average molecular weight is 375 g/mol. The number of nitrogens with zero attached hydrogens (tertiary/aromatic N) is 1. The molecule has 0 saturated heterocycles. The molecule has 0 atom stereocenters. The van der Waals surface area contributed by atoms with E-state index in [9.17, 15) is 0 Å². The van der Waals surface area contributed by atoms with Crippen LogP contribution in [0.15, 0.2) is 70.4 Å². The monoisotopic (exact) mass is 374 g/mol. The molecule has 0 radical (unpaired) electrons. The largest absolute Gasteiger partial charge is 0.495 e. The van der Waals surface area contributed by atoms with Crippen molar-refractivity contribution < 1.29 is 4.74 Å². The highest BCUT2D eigenvalue weighted by Gasteiger charge is 2.03. The van der Waals surface area contributed by atoms with Gasteiger partial charge < -0.3 is 10.1 Å². The molecule has 3 nitrogen and oxygen atoms in total. The van der Waals surface area contributed by atoms with Crippen molar-refractivity contribution in [2.45, 2.75) is 41.5 Å². The van der Waals surface area contributed by atoms with E-state index in [-0.39, 0.29) is 0 Å². The normalized spacial score (nSPS) is 11.5. The van der Waals surface area contributed by atoms with Gasteiger partial charge >= 0.3 is 0 Å². The second kappa shape index (κ2) is 13.0. The predicted octanol–water partition coefficient (Wildman–Crippen LogP) is 7.02. The van der Waals surface area contributed by atoms with Crippen molar-refractivity contribution in [2.24, 2.45) is 4.99 Å². The molecule has 1 aromatic carbocycles. The highest BCUT2D eigenvalue weighted by atomic mass is 35.5. The molecule has 4 heteroatoms. The van der Waals surface area contributed by atoms with Gasteiger partial charge in [0.05, 0.1) is 17.8 Å². The zero-order valence-corrected chi connectivity index (χ0v) is 17.7. The summed E-state index contributed by atoms with van der Waals surface area (Å²) in [7, 11) is 1.64. The molecule has 0 aliphatic rings. The summed E-state index contributed by atoms with van der Waals surface area (Å²) in [6.45, 7) is 15.6. The maximum absolute atomic E-state index is 5.95. The summed E-state index contributed by atoms with van der Waals surface area (Å²) in [6.07, 6.45) is 7.72. The van der Waals surface area contributed by atoms with E-state index in [0.29, 0.717) is 5.03 Å². The van der Waals surface area contributed by atoms with Crippen LogP contribution in [-0.4, -0.2) is 12.9 Å². The summed E-state index contributed by atoms with van der Waals surface area (Å²) in [5, 5.41) is 3.73. The maximum atomic E-state index is 5.95. The minimum atomic E-state index is 0.539. The van der Waals surface area contributed by atoms with Crippen LogP contribution in [0.1, 0.15) is 40.2 Å². The molecule has 0 unspecified atom stereocenters. The van der Waals surface area contributed by atoms with E-state index < -0.39 is 0 Å². The Hall–Kier alpha value is -2.26. The number of methoxy groups -OCH3 is 1. The first-order chi connectivity index (χ1) is 12.2. The van der Waals surface area contributed by atoms with Gasteiger partial charge in [-0.1, -0.05) is 48.0 Å². The lowest BCUT2D eigenvalue weighted by Gasteiger charge is -2.11. The van der Waals surface area contributed by atoms with Crippen LogP contribution in [0, 0.1) is 6.92 Å². The highest BCUT2D eigenvalue weighted by molar-refractivity contribution is 6.31. The Bertz CT molecular complexity index is 709. The lowest BCUT2D eigenvalue weighted by atomic mass is 10.2. The van der Waals surface area contributed by atoms with Crippen LogP contribution in [0.5, 0.6) is 5.75 Å². The van der Waals surface area contributed by atoms with E-state index in [0.717, 1.165) is 28.4 Å². The molecule has 0 aliphatic heterocycles. The number of allylic oxidation sites excluding steroid dienone is 6. The fourth-order valence-electron chi connectivity index (χ4n) is 1.70. The summed E-state index contributed by atoms with van der Waals surface area (Å²) in [4.78, 5) is 4.24. The lowest BCUT2D eigenvalue weighted by molar-refractivity contribution is 0.417. The Morgan fingerprint density at radius 3 is 2.35 bits per heavy atom. The minimum Gasteiger partial charge on any atom is -0.495 e. The van der Waals surface area contributed by atoms with Crippen molar-refractivity contribution in [1.82, 2.24) is 0 Å². The van der Waals surface area contributed by atoms with Crippen LogP contribution in [0.3, 0.4) is 0 Å². The SMILES string of the molecule is C/C=C\C=C(C)C.C=C(C)/C(Cl)=C\N=C(C)Nc1cc(C)ccc1OC. The molecular formula is C22H31ClN2O. The van der Waals surface area contributed by atoms with E-state index in [4.69, 9.17) is 16.3 Å². The number of rotatable bonds is 5. The molecular weight excluding hydrogens is 344 g/mol. The Kier molecular flexibility index (Phi) is 11.9. The van der Waals surface area contributed by atoms with Crippen LogP contribution in [0.25, 0.3) is 0 Å². The lowest BCUT2D eigenvalue weighted by Crippen LogP contribution is -2.08. The molecule has 0 fully saturated rings. The van der Waals surface area contributed by atoms with Gasteiger partial charge in [-0.2, -0.15) is 0 Å². The van der Waals surface area contributed by atoms with E-state index >= 15 is 0 Å². The number of amidine groups is 1. The summed E-state index contributed by atoms with van der Waals surface area (Å²) >= 11 is 5.95. The standard InChI is InChI=1S/C15H19ClN2O.C7H12/c1-10(2)13(16)9-17-12(4)18-14-8-11(3)6-7-15(14)19-5;1-4-5-6-7(2)3/h6-9H,1H2,2-5H3,(H,17,18);4-6H,1-3H3/b13-9+;5-4-. The summed E-state index contributed by atoms with van der Waals surface area (Å²) in [6, 6.07) is 5.91. The first-order valence-electron chi connectivity index (χ1n) is 8.45. The number of hydrogen-bond donors (Lipinski definition) is 1. The molecule has 0 aromatic heterocycles. The maximum Gasteiger partial charge on any atom is 0.142 e. The summed E-state index contributed by atoms with van der Waals surface area (Å²) in [5.74, 6) is 1.50. The molecule has 0 spiro atoms. The Labute approximate surface area is 163 Å². The third-order valence-electron chi connectivity index (χ3n) is 3.07.